The van der Waals surface area contributed by atoms with Crippen LogP contribution in [-0.4, -0.2) is 85.7 Å². The van der Waals surface area contributed by atoms with Crippen molar-refractivity contribution in [3.63, 3.8) is 0 Å². The Morgan fingerprint density at radius 3 is 2.81 bits per heavy atom. The van der Waals surface area contributed by atoms with E-state index in [9.17, 15) is 9.59 Å². The molecule has 1 unspecified atom stereocenters. The molecule has 36 heavy (non-hydrogen) atoms. The van der Waals surface area contributed by atoms with Gasteiger partial charge in [0.1, 0.15) is 12.4 Å². The smallest absolute Gasteiger partial charge is 0.338 e. The zero-order valence-corrected chi connectivity index (χ0v) is 20.3. The van der Waals surface area contributed by atoms with E-state index in [0.29, 0.717) is 11.4 Å². The van der Waals surface area contributed by atoms with Crippen LogP contribution in [0.15, 0.2) is 36.8 Å². The molecule has 10 nitrogen and oxygen atoms in total. The maximum Gasteiger partial charge on any atom is 0.338 e. The number of pyridine rings is 1. The molecule has 0 bridgehead atoms. The second kappa shape index (κ2) is 9.42. The van der Waals surface area contributed by atoms with Crippen LogP contribution in [0.25, 0.3) is 5.82 Å². The fourth-order valence-electron chi connectivity index (χ4n) is 5.60. The summed E-state index contributed by atoms with van der Waals surface area (Å²) in [6.07, 6.45) is 6.65. The van der Waals surface area contributed by atoms with Crippen molar-refractivity contribution in [2.24, 2.45) is 0 Å². The van der Waals surface area contributed by atoms with Gasteiger partial charge in [0.2, 0.25) is 5.91 Å². The lowest BCUT2D eigenvalue weighted by Crippen LogP contribution is -2.50. The number of fused-ring (bicyclic) bond motifs is 2. The Morgan fingerprint density at radius 2 is 2.00 bits per heavy atom. The number of ether oxygens (including phenoxy) is 1. The van der Waals surface area contributed by atoms with Gasteiger partial charge in [-0.15, -0.1) is 5.10 Å². The Morgan fingerprint density at radius 1 is 1.14 bits per heavy atom. The van der Waals surface area contributed by atoms with Crippen LogP contribution in [0.5, 0.6) is 0 Å². The molecule has 0 saturated carbocycles. The lowest BCUT2D eigenvalue weighted by atomic mass is 9.96. The van der Waals surface area contributed by atoms with Crippen LogP contribution in [0.4, 0.5) is 0 Å². The summed E-state index contributed by atoms with van der Waals surface area (Å²) in [5.74, 6) is 0.547. The first kappa shape index (κ1) is 22.8. The highest BCUT2D eigenvalue weighted by atomic mass is 16.5. The van der Waals surface area contributed by atoms with Crippen molar-refractivity contribution in [1.29, 1.82) is 0 Å². The predicted octanol–water partition coefficient (Wildman–Crippen LogP) is 1.58. The van der Waals surface area contributed by atoms with E-state index in [1.807, 2.05) is 36.2 Å². The van der Waals surface area contributed by atoms with Gasteiger partial charge in [0, 0.05) is 45.3 Å². The van der Waals surface area contributed by atoms with Crippen LogP contribution < -0.4 is 0 Å². The van der Waals surface area contributed by atoms with Gasteiger partial charge in [0.25, 0.3) is 0 Å². The maximum absolute atomic E-state index is 13.4. The van der Waals surface area contributed by atoms with E-state index in [0.717, 1.165) is 75.1 Å². The predicted molar refractivity (Wildman–Crippen MR) is 130 cm³/mol. The largest absolute Gasteiger partial charge is 0.459 e. The standard InChI is InChI=1S/C26H29N7O3/c1-17-12-20-13-18(2-4-21(20)26(35)36-17)6-7-31-8-10-32(11-9-31)25(34)22-5-3-19-14-24(27-15-23(19)22)33-16-28-29-30-33/h2,4,13-17,22H,3,5-12H2,1H3/t17-,22?/m1/s1. The molecule has 10 heteroatoms. The average Bonchev–Trinajstić information content (AvgIpc) is 3.57. The zero-order chi connectivity index (χ0) is 24.6. The molecule has 3 aliphatic rings. The Kier molecular flexibility index (Phi) is 5.96. The topological polar surface area (TPSA) is 106 Å². The molecule has 6 rings (SSSR count). The summed E-state index contributed by atoms with van der Waals surface area (Å²) in [5.41, 5.74) is 5.21. The van der Waals surface area contributed by atoms with Crippen LogP contribution in [-0.2, 0) is 28.8 Å². The Hall–Kier alpha value is -3.66. The van der Waals surface area contributed by atoms with Gasteiger partial charge in [-0.3, -0.25) is 9.69 Å². The molecule has 1 aromatic carbocycles. The van der Waals surface area contributed by atoms with E-state index in [2.05, 4.69) is 31.5 Å². The lowest BCUT2D eigenvalue weighted by molar-refractivity contribution is -0.134. The number of benzene rings is 1. The van der Waals surface area contributed by atoms with Gasteiger partial charge < -0.3 is 9.64 Å². The molecule has 3 aromatic rings. The molecule has 1 saturated heterocycles. The number of aromatic nitrogens is 5. The number of piperazine rings is 1. The molecule has 1 aliphatic carbocycles. The van der Waals surface area contributed by atoms with E-state index in [4.69, 9.17) is 4.74 Å². The van der Waals surface area contributed by atoms with Crippen molar-refractivity contribution in [2.45, 2.75) is 44.6 Å². The molecule has 4 heterocycles. The first-order chi connectivity index (χ1) is 17.5. The van der Waals surface area contributed by atoms with E-state index in [-0.39, 0.29) is 23.9 Å². The van der Waals surface area contributed by atoms with E-state index < -0.39 is 0 Å². The van der Waals surface area contributed by atoms with Crippen LogP contribution in [0.2, 0.25) is 0 Å². The highest BCUT2D eigenvalue weighted by Crippen LogP contribution is 2.35. The lowest BCUT2D eigenvalue weighted by Gasteiger charge is -2.36. The third-order valence-corrected chi connectivity index (χ3v) is 7.58. The third kappa shape index (κ3) is 4.37. The Bertz CT molecular complexity index is 1280. The van der Waals surface area contributed by atoms with Gasteiger partial charge in [-0.05, 0) is 71.0 Å². The van der Waals surface area contributed by atoms with E-state index in [1.165, 1.54) is 16.6 Å². The quantitative estimate of drug-likeness (QED) is 0.500. The number of rotatable bonds is 5. The number of carbonyl (C=O) groups excluding carboxylic acids is 2. The molecule has 2 aliphatic heterocycles. The van der Waals surface area contributed by atoms with Crippen molar-refractivity contribution in [1.82, 2.24) is 35.0 Å². The van der Waals surface area contributed by atoms with Gasteiger partial charge in [-0.2, -0.15) is 4.68 Å². The molecule has 2 atom stereocenters. The molecule has 0 radical (unpaired) electrons. The summed E-state index contributed by atoms with van der Waals surface area (Å²) in [5, 5.41) is 11.2. The van der Waals surface area contributed by atoms with Crippen LogP contribution in [0.3, 0.4) is 0 Å². The fourth-order valence-corrected chi connectivity index (χ4v) is 5.60. The number of aryl methyl sites for hydroxylation is 1. The number of hydrogen-bond donors (Lipinski definition) is 0. The maximum atomic E-state index is 13.4. The SMILES string of the molecule is C[C@@H]1Cc2cc(CCN3CCN(C(=O)C4CCc5cc(-n6cnnn6)ncc54)CC3)ccc2C(=O)O1. The first-order valence-corrected chi connectivity index (χ1v) is 12.6. The normalized spacial score (nSPS) is 21.7. The number of esters is 1. The summed E-state index contributed by atoms with van der Waals surface area (Å²) in [6, 6.07) is 8.07. The zero-order valence-electron chi connectivity index (χ0n) is 20.3. The highest BCUT2D eigenvalue weighted by Gasteiger charge is 2.34. The number of nitrogens with zero attached hydrogens (tertiary/aromatic N) is 7. The number of tetrazole rings is 1. The minimum absolute atomic E-state index is 0.0680. The summed E-state index contributed by atoms with van der Waals surface area (Å²) >= 11 is 0. The fraction of sp³-hybridized carbons (Fsp3) is 0.462. The Labute approximate surface area is 209 Å². The van der Waals surface area contributed by atoms with Crippen molar-refractivity contribution in [3.05, 3.63) is 64.6 Å². The number of amides is 1. The second-order valence-electron chi connectivity index (χ2n) is 9.92. The number of carbonyl (C=O) groups is 2. The van der Waals surface area contributed by atoms with Crippen molar-refractivity contribution < 1.29 is 14.3 Å². The van der Waals surface area contributed by atoms with E-state index in [1.54, 1.807) is 0 Å². The molecule has 0 spiro atoms. The molecule has 1 fully saturated rings. The molecule has 2 aromatic heterocycles. The monoisotopic (exact) mass is 487 g/mol. The van der Waals surface area contributed by atoms with Crippen LogP contribution in [0, 0.1) is 0 Å². The van der Waals surface area contributed by atoms with Gasteiger partial charge >= 0.3 is 5.97 Å². The molecule has 0 N–H and O–H groups in total. The van der Waals surface area contributed by atoms with Crippen LogP contribution >= 0.6 is 0 Å². The third-order valence-electron chi connectivity index (χ3n) is 7.58. The van der Waals surface area contributed by atoms with Gasteiger partial charge in [0.15, 0.2) is 5.82 Å². The van der Waals surface area contributed by atoms with Gasteiger partial charge in [-0.25, -0.2) is 9.78 Å². The average molecular weight is 488 g/mol. The second-order valence-corrected chi connectivity index (χ2v) is 9.92. The van der Waals surface area contributed by atoms with Crippen molar-refractivity contribution >= 4 is 11.9 Å². The molecule has 1 amide bonds. The minimum atomic E-state index is -0.218. The summed E-state index contributed by atoms with van der Waals surface area (Å²) in [4.78, 5) is 34.3. The summed E-state index contributed by atoms with van der Waals surface area (Å²) in [6.45, 7) is 6.11. The van der Waals surface area contributed by atoms with Crippen molar-refractivity contribution in [3.8, 4) is 5.82 Å². The van der Waals surface area contributed by atoms with E-state index >= 15 is 0 Å². The minimum Gasteiger partial charge on any atom is -0.459 e. The number of hydrogen-bond acceptors (Lipinski definition) is 8. The van der Waals surface area contributed by atoms with Gasteiger partial charge in [0.05, 0.1) is 11.5 Å². The number of cyclic esters (lactones) is 1. The molecular weight excluding hydrogens is 458 g/mol. The highest BCUT2D eigenvalue weighted by molar-refractivity contribution is 5.92. The Balaban J connectivity index is 1.03. The summed E-state index contributed by atoms with van der Waals surface area (Å²) < 4.78 is 6.86. The summed E-state index contributed by atoms with van der Waals surface area (Å²) in [7, 11) is 0. The van der Waals surface area contributed by atoms with Crippen LogP contribution in [0.1, 0.15) is 51.9 Å². The van der Waals surface area contributed by atoms with Gasteiger partial charge in [-0.1, -0.05) is 12.1 Å². The molecular formula is C26H29N7O3. The first-order valence-electron chi connectivity index (χ1n) is 12.6. The van der Waals surface area contributed by atoms with Crippen molar-refractivity contribution in [2.75, 3.05) is 32.7 Å². The molecule has 186 valence electrons.